The van der Waals surface area contributed by atoms with Crippen LogP contribution in [0.4, 0.5) is 18.9 Å². The van der Waals surface area contributed by atoms with Crippen molar-refractivity contribution in [3.63, 3.8) is 0 Å². The van der Waals surface area contributed by atoms with Crippen molar-refractivity contribution in [2.24, 2.45) is 0 Å². The summed E-state index contributed by atoms with van der Waals surface area (Å²) in [4.78, 5) is 11.7. The van der Waals surface area contributed by atoms with E-state index in [0.717, 1.165) is 24.1 Å². The lowest BCUT2D eigenvalue weighted by molar-refractivity contribution is -0.137. The average Bonchev–Trinajstić information content (AvgIpc) is 2.55. The number of rotatable bonds is 7. The Balaban J connectivity index is 1.65. The van der Waals surface area contributed by atoms with E-state index in [1.54, 1.807) is 0 Å². The number of carbonyl (C=O) groups excluding carboxylic acids is 1. The first-order chi connectivity index (χ1) is 11.4. The van der Waals surface area contributed by atoms with E-state index in [0.29, 0.717) is 18.8 Å². The molecule has 2 rings (SSSR count). The fourth-order valence-electron chi connectivity index (χ4n) is 2.18. The maximum atomic E-state index is 12.4. The number of alkyl halides is 3. The Bertz CT molecular complexity index is 640. The predicted molar refractivity (Wildman–Crippen MR) is 87.7 cm³/mol. The molecule has 0 bridgehead atoms. The molecule has 6 heteroatoms. The average molecular weight is 336 g/mol. The second-order valence-corrected chi connectivity index (χ2v) is 5.34. The van der Waals surface area contributed by atoms with E-state index in [1.807, 2.05) is 30.3 Å². The molecule has 0 aliphatic heterocycles. The first-order valence-electron chi connectivity index (χ1n) is 7.67. The number of anilines is 1. The largest absolute Gasteiger partial charge is 0.416 e. The van der Waals surface area contributed by atoms with Gasteiger partial charge < -0.3 is 10.6 Å². The highest BCUT2D eigenvalue weighted by molar-refractivity contribution is 5.76. The zero-order valence-corrected chi connectivity index (χ0v) is 13.1. The molecule has 2 aromatic carbocycles. The SMILES string of the molecule is O=C(CCNc1ccc(C(F)(F)F)cc1)NCCc1ccccc1. The minimum atomic E-state index is -4.34. The minimum absolute atomic E-state index is 0.0923. The fourth-order valence-corrected chi connectivity index (χ4v) is 2.18. The molecule has 0 radical (unpaired) electrons. The van der Waals surface area contributed by atoms with Gasteiger partial charge in [-0.25, -0.2) is 0 Å². The van der Waals surface area contributed by atoms with Crippen molar-refractivity contribution in [3.05, 3.63) is 65.7 Å². The van der Waals surface area contributed by atoms with Gasteiger partial charge in [0.1, 0.15) is 0 Å². The molecule has 0 aliphatic rings. The van der Waals surface area contributed by atoms with Crippen LogP contribution in [0.25, 0.3) is 0 Å². The van der Waals surface area contributed by atoms with Crippen molar-refractivity contribution in [2.75, 3.05) is 18.4 Å². The van der Waals surface area contributed by atoms with E-state index in [2.05, 4.69) is 10.6 Å². The van der Waals surface area contributed by atoms with Gasteiger partial charge in [0.2, 0.25) is 5.91 Å². The Kier molecular flexibility index (Phi) is 6.23. The molecule has 128 valence electrons. The molecule has 2 aromatic rings. The number of amides is 1. The Morgan fingerprint density at radius 3 is 2.21 bits per heavy atom. The molecule has 0 aliphatic carbocycles. The fraction of sp³-hybridized carbons (Fsp3) is 0.278. The zero-order valence-electron chi connectivity index (χ0n) is 13.1. The summed E-state index contributed by atoms with van der Waals surface area (Å²) < 4.78 is 37.3. The van der Waals surface area contributed by atoms with Crippen LogP contribution in [0, 0.1) is 0 Å². The second kappa shape index (κ2) is 8.38. The molecule has 0 unspecified atom stereocenters. The molecule has 0 spiro atoms. The maximum absolute atomic E-state index is 12.4. The third kappa shape index (κ3) is 5.95. The van der Waals surface area contributed by atoms with E-state index in [9.17, 15) is 18.0 Å². The third-order valence-electron chi connectivity index (χ3n) is 3.47. The predicted octanol–water partition coefficient (Wildman–Crippen LogP) is 3.87. The Morgan fingerprint density at radius 1 is 0.917 bits per heavy atom. The smallest absolute Gasteiger partial charge is 0.385 e. The summed E-state index contributed by atoms with van der Waals surface area (Å²) in [5.74, 6) is -0.0923. The van der Waals surface area contributed by atoms with Crippen LogP contribution in [-0.4, -0.2) is 19.0 Å². The first-order valence-corrected chi connectivity index (χ1v) is 7.67. The van der Waals surface area contributed by atoms with Crippen LogP contribution in [0.15, 0.2) is 54.6 Å². The van der Waals surface area contributed by atoms with Crippen molar-refractivity contribution in [3.8, 4) is 0 Å². The van der Waals surface area contributed by atoms with Crippen LogP contribution >= 0.6 is 0 Å². The van der Waals surface area contributed by atoms with Gasteiger partial charge in [0.15, 0.2) is 0 Å². The van der Waals surface area contributed by atoms with Gasteiger partial charge in [-0.3, -0.25) is 4.79 Å². The molecule has 0 fully saturated rings. The summed E-state index contributed by atoms with van der Waals surface area (Å²) >= 11 is 0. The number of hydrogen-bond acceptors (Lipinski definition) is 2. The lowest BCUT2D eigenvalue weighted by Gasteiger charge is -2.10. The highest BCUT2D eigenvalue weighted by atomic mass is 19.4. The molecule has 3 nitrogen and oxygen atoms in total. The highest BCUT2D eigenvalue weighted by Crippen LogP contribution is 2.29. The molecule has 0 saturated carbocycles. The van der Waals surface area contributed by atoms with E-state index >= 15 is 0 Å². The normalized spacial score (nSPS) is 11.1. The van der Waals surface area contributed by atoms with Crippen LogP contribution < -0.4 is 10.6 Å². The lowest BCUT2D eigenvalue weighted by atomic mass is 10.1. The number of benzene rings is 2. The van der Waals surface area contributed by atoms with Crippen molar-refractivity contribution in [1.29, 1.82) is 0 Å². The van der Waals surface area contributed by atoms with Crippen molar-refractivity contribution < 1.29 is 18.0 Å². The Hall–Kier alpha value is -2.50. The zero-order chi connectivity index (χ0) is 17.4. The molecule has 1 amide bonds. The van der Waals surface area contributed by atoms with Gasteiger partial charge in [0, 0.05) is 25.2 Å². The van der Waals surface area contributed by atoms with Gasteiger partial charge in [-0.1, -0.05) is 30.3 Å². The number of halogens is 3. The van der Waals surface area contributed by atoms with Gasteiger partial charge in [0.05, 0.1) is 5.56 Å². The summed E-state index contributed by atoms with van der Waals surface area (Å²) in [6.45, 7) is 0.922. The topological polar surface area (TPSA) is 41.1 Å². The van der Waals surface area contributed by atoms with Crippen molar-refractivity contribution >= 4 is 11.6 Å². The van der Waals surface area contributed by atoms with E-state index < -0.39 is 11.7 Å². The minimum Gasteiger partial charge on any atom is -0.385 e. The van der Waals surface area contributed by atoms with E-state index in [1.165, 1.54) is 12.1 Å². The monoisotopic (exact) mass is 336 g/mol. The van der Waals surface area contributed by atoms with E-state index in [-0.39, 0.29) is 12.3 Å². The van der Waals surface area contributed by atoms with Crippen molar-refractivity contribution in [1.82, 2.24) is 5.32 Å². The summed E-state index contributed by atoms with van der Waals surface area (Å²) in [5, 5.41) is 5.75. The Morgan fingerprint density at radius 2 is 1.58 bits per heavy atom. The lowest BCUT2D eigenvalue weighted by Crippen LogP contribution is -2.27. The maximum Gasteiger partial charge on any atom is 0.416 e. The van der Waals surface area contributed by atoms with Gasteiger partial charge in [0.25, 0.3) is 0 Å². The van der Waals surface area contributed by atoms with Gasteiger partial charge in [-0.2, -0.15) is 13.2 Å². The van der Waals surface area contributed by atoms with E-state index in [4.69, 9.17) is 0 Å². The molecule has 0 aromatic heterocycles. The number of nitrogens with one attached hydrogen (secondary N) is 2. The quantitative estimate of drug-likeness (QED) is 0.806. The van der Waals surface area contributed by atoms with Crippen LogP contribution in [0.3, 0.4) is 0 Å². The number of hydrogen-bond donors (Lipinski definition) is 2. The summed E-state index contributed by atoms with van der Waals surface area (Å²) in [6, 6.07) is 14.6. The summed E-state index contributed by atoms with van der Waals surface area (Å²) in [5.41, 5.74) is 1.02. The van der Waals surface area contributed by atoms with Crippen LogP contribution in [-0.2, 0) is 17.4 Å². The summed E-state index contributed by atoms with van der Waals surface area (Å²) in [7, 11) is 0. The van der Waals surface area contributed by atoms with Gasteiger partial charge in [-0.15, -0.1) is 0 Å². The number of carbonyl (C=O) groups is 1. The molecular formula is C18H19F3N2O. The van der Waals surface area contributed by atoms with Crippen LogP contribution in [0.2, 0.25) is 0 Å². The standard InChI is InChI=1S/C18H19F3N2O/c19-18(20,21)15-6-8-16(9-7-15)22-13-11-17(24)23-12-10-14-4-2-1-3-5-14/h1-9,22H,10-13H2,(H,23,24). The highest BCUT2D eigenvalue weighted by Gasteiger charge is 2.29. The van der Waals surface area contributed by atoms with Gasteiger partial charge in [-0.05, 0) is 36.2 Å². The summed E-state index contributed by atoms with van der Waals surface area (Å²) in [6.07, 6.45) is -3.31. The molecule has 0 saturated heterocycles. The molecule has 0 heterocycles. The molecule has 24 heavy (non-hydrogen) atoms. The van der Waals surface area contributed by atoms with Crippen LogP contribution in [0.5, 0.6) is 0 Å². The van der Waals surface area contributed by atoms with Crippen LogP contribution in [0.1, 0.15) is 17.5 Å². The molecule has 2 N–H and O–H groups in total. The third-order valence-corrected chi connectivity index (χ3v) is 3.47. The molecule has 0 atom stereocenters. The first kappa shape index (κ1) is 17.8. The van der Waals surface area contributed by atoms with Crippen molar-refractivity contribution in [2.45, 2.75) is 19.0 Å². The van der Waals surface area contributed by atoms with Gasteiger partial charge >= 0.3 is 6.18 Å². The Labute approximate surface area is 138 Å². The molecular weight excluding hydrogens is 317 g/mol. The second-order valence-electron chi connectivity index (χ2n) is 5.34.